The Morgan fingerprint density at radius 2 is 0.437 bits per heavy atom. The van der Waals surface area contributed by atoms with E-state index in [9.17, 15) is 4.79 Å². The van der Waals surface area contributed by atoms with Crippen LogP contribution in [0.2, 0.25) is 0 Å². The summed E-state index contributed by atoms with van der Waals surface area (Å²) in [6, 6.07) is 158. The lowest BCUT2D eigenvalue weighted by atomic mass is 10.0. The van der Waals surface area contributed by atoms with Gasteiger partial charge < -0.3 is 18.3 Å². The van der Waals surface area contributed by atoms with Crippen LogP contribution in [0.15, 0.2) is 459 Å². The van der Waals surface area contributed by atoms with Gasteiger partial charge in [0.2, 0.25) is 0 Å². The summed E-state index contributed by atoms with van der Waals surface area (Å²) in [7, 11) is 0. The van der Waals surface area contributed by atoms with Gasteiger partial charge in [0.15, 0.2) is 0 Å². The fourth-order valence-electron chi connectivity index (χ4n) is 20.2. The standard InChI is InChI=1S/C59H38N4O.C57H36N4O/c64-59-48-27-12-15-30-54(48)63-57(40-19-6-2-7-20-40)38-49(39-17-4-1-5-18-39)58(63)62(59)45-24-16-23-44(37-45)61-53-29-14-11-26-47(53)51-36-42(32-34-56(51)61)41-31-33-55-50(35-41)46-25-10-13-28-52(46)60(55)43-21-8-3-9-22-43;62-57-45-24-12-15-27-51(45)61-54-33-30-42(36-48(54)55(37-16-4-1-5-17-37)56(61)60(57)41-20-8-3-9-21-41)59-50-26-14-11-23-44(50)47-35-39(29-32-53(47)59)38-28-31-52-46(34-38)43-22-10-13-25-49(43)58(52)40-18-6-2-7-19-40/h1-38H;1-36H. The molecule has 0 aliphatic carbocycles. The van der Waals surface area contributed by atoms with E-state index in [4.69, 9.17) is 0 Å². The van der Waals surface area contributed by atoms with Crippen molar-refractivity contribution < 1.29 is 0 Å². The highest BCUT2D eigenvalue weighted by molar-refractivity contribution is 6.16. The van der Waals surface area contributed by atoms with Crippen molar-refractivity contribution in [1.82, 2.24) is 36.2 Å². The topological polar surface area (TPSA) is 72.5 Å². The Hall–Kier alpha value is -17.1. The van der Waals surface area contributed by atoms with E-state index in [-0.39, 0.29) is 11.1 Å². The van der Waals surface area contributed by atoms with Crippen molar-refractivity contribution in [2.75, 3.05) is 0 Å². The Bertz CT molecular complexity index is 9060. The third-order valence-corrected chi connectivity index (χ3v) is 25.7. The third kappa shape index (κ3) is 11.2. The van der Waals surface area contributed by atoms with E-state index in [1.807, 2.05) is 94.1 Å². The maximum absolute atomic E-state index is 15.0. The summed E-state index contributed by atoms with van der Waals surface area (Å²) in [5.41, 5.74) is 30.4. The predicted molar refractivity (Wildman–Crippen MR) is 523 cm³/mol. The zero-order valence-corrected chi connectivity index (χ0v) is 68.1. The molecule has 0 spiro atoms. The van der Waals surface area contributed by atoms with Crippen molar-refractivity contribution >= 4 is 131 Å². The largest absolute Gasteiger partial charge is 0.309 e. The lowest BCUT2D eigenvalue weighted by Gasteiger charge is -2.17. The van der Waals surface area contributed by atoms with Crippen molar-refractivity contribution in [3.8, 4) is 89.9 Å². The third-order valence-electron chi connectivity index (χ3n) is 25.7. The van der Waals surface area contributed by atoms with Gasteiger partial charge in [0.25, 0.3) is 11.1 Å². The van der Waals surface area contributed by atoms with E-state index in [0.717, 1.165) is 128 Å². The summed E-state index contributed by atoms with van der Waals surface area (Å²) in [6.45, 7) is 0. The molecule has 0 fully saturated rings. The van der Waals surface area contributed by atoms with Crippen LogP contribution in [-0.4, -0.2) is 36.2 Å². The molecule has 0 aliphatic heterocycles. The minimum atomic E-state index is -0.0640. The van der Waals surface area contributed by atoms with Crippen molar-refractivity contribution in [2.24, 2.45) is 0 Å². The van der Waals surface area contributed by atoms with E-state index in [1.54, 1.807) is 0 Å². The molecule has 590 valence electrons. The highest BCUT2D eigenvalue weighted by atomic mass is 16.1. The maximum Gasteiger partial charge on any atom is 0.266 e. The fraction of sp³-hybridized carbons (Fsp3) is 0. The van der Waals surface area contributed by atoms with Crippen LogP contribution in [0.3, 0.4) is 0 Å². The molecule has 8 aromatic heterocycles. The van der Waals surface area contributed by atoms with Gasteiger partial charge in [0.05, 0.1) is 88.5 Å². The summed E-state index contributed by atoms with van der Waals surface area (Å²) >= 11 is 0. The fourth-order valence-corrected chi connectivity index (χ4v) is 20.2. The van der Waals surface area contributed by atoms with Gasteiger partial charge in [0, 0.05) is 82.4 Å². The molecule has 10 nitrogen and oxygen atoms in total. The van der Waals surface area contributed by atoms with Gasteiger partial charge in [-0.05, 0) is 215 Å². The summed E-state index contributed by atoms with van der Waals surface area (Å²) < 4.78 is 17.8. The van der Waals surface area contributed by atoms with E-state index < -0.39 is 0 Å². The lowest BCUT2D eigenvalue weighted by molar-refractivity contribution is 0.998. The van der Waals surface area contributed by atoms with Crippen LogP contribution < -0.4 is 11.1 Å². The van der Waals surface area contributed by atoms with Gasteiger partial charge in [-0.15, -0.1) is 0 Å². The molecule has 126 heavy (non-hydrogen) atoms. The second kappa shape index (κ2) is 28.8. The van der Waals surface area contributed by atoms with Crippen LogP contribution in [0.4, 0.5) is 0 Å². The van der Waals surface area contributed by atoms with Crippen molar-refractivity contribution in [3.63, 3.8) is 0 Å². The Kier molecular flexibility index (Phi) is 16.4. The minimum absolute atomic E-state index is 0.0428. The van der Waals surface area contributed by atoms with Gasteiger partial charge in [-0.3, -0.25) is 27.5 Å². The molecule has 0 aliphatic rings. The molecule has 0 amide bonds. The minimum Gasteiger partial charge on any atom is -0.309 e. The van der Waals surface area contributed by atoms with Crippen LogP contribution >= 0.6 is 0 Å². The second-order valence-corrected chi connectivity index (χ2v) is 32.6. The molecule has 8 heterocycles. The molecule has 26 rings (SSSR count). The average Bonchev–Trinajstić information content (AvgIpc) is 1.54. The number of para-hydroxylation sites is 9. The van der Waals surface area contributed by atoms with E-state index in [1.165, 1.54) is 81.8 Å². The highest BCUT2D eigenvalue weighted by Gasteiger charge is 2.27. The van der Waals surface area contributed by atoms with E-state index in [2.05, 4.69) is 391 Å². The Labute approximate surface area is 722 Å². The Morgan fingerprint density at radius 1 is 0.151 bits per heavy atom. The highest BCUT2D eigenvalue weighted by Crippen LogP contribution is 2.46. The zero-order valence-electron chi connectivity index (χ0n) is 68.1. The molecule has 0 radical (unpaired) electrons. The predicted octanol–water partition coefficient (Wildman–Crippen LogP) is 28.4. The first-order chi connectivity index (χ1) is 62.4. The van der Waals surface area contributed by atoms with Gasteiger partial charge in [-0.2, -0.15) is 0 Å². The number of hydrogen-bond acceptors (Lipinski definition) is 2. The summed E-state index contributed by atoms with van der Waals surface area (Å²) in [6.07, 6.45) is 0. The normalized spacial score (nSPS) is 11.9. The molecule has 0 atom stereocenters. The van der Waals surface area contributed by atoms with Crippen molar-refractivity contribution in [1.29, 1.82) is 0 Å². The molecule has 18 aromatic carbocycles. The molecule has 0 saturated heterocycles. The molecule has 10 heteroatoms. The molecule has 0 unspecified atom stereocenters. The summed E-state index contributed by atoms with van der Waals surface area (Å²) in [5.74, 6) is 0. The van der Waals surface area contributed by atoms with Crippen LogP contribution in [-0.2, 0) is 0 Å². The van der Waals surface area contributed by atoms with Crippen LogP contribution in [0.5, 0.6) is 0 Å². The number of fused-ring (bicyclic) bond motifs is 20. The molecular formula is C116H74N8O2. The van der Waals surface area contributed by atoms with E-state index >= 15 is 4.79 Å². The number of rotatable bonds is 11. The number of hydrogen-bond donors (Lipinski definition) is 0. The smallest absolute Gasteiger partial charge is 0.266 e. The van der Waals surface area contributed by atoms with Crippen LogP contribution in [0.1, 0.15) is 0 Å². The monoisotopic (exact) mass is 1610 g/mol. The Morgan fingerprint density at radius 3 is 0.857 bits per heavy atom. The van der Waals surface area contributed by atoms with Gasteiger partial charge in [-0.25, -0.2) is 0 Å². The number of aromatic nitrogens is 8. The van der Waals surface area contributed by atoms with Crippen LogP contribution in [0.25, 0.3) is 221 Å². The van der Waals surface area contributed by atoms with Gasteiger partial charge in [0.1, 0.15) is 11.3 Å². The maximum atomic E-state index is 15.0. The lowest BCUT2D eigenvalue weighted by Crippen LogP contribution is -2.22. The molecule has 0 saturated carbocycles. The molecule has 0 N–H and O–H groups in total. The van der Waals surface area contributed by atoms with Crippen LogP contribution in [0, 0.1) is 0 Å². The number of benzene rings is 18. The van der Waals surface area contributed by atoms with Crippen molar-refractivity contribution in [3.05, 3.63) is 470 Å². The first-order valence-electron chi connectivity index (χ1n) is 42.8. The zero-order chi connectivity index (χ0) is 83.2. The SMILES string of the molecule is O=c1c2ccccc2n2c(-c3ccccc3)cc(-c3ccccc3)c2n1-c1cccc(-n2c3ccccc3c3cc(-c4ccc5c(c4)c4ccccc4n5-c4ccccc4)ccc32)c1.O=c1c2ccccc2n2c3ccc(-n4c5ccccc5c5cc(-c6ccc7c(c6)c6ccccc6n7-c6ccccc6)ccc54)cc3c(-c3ccccc3)c2n1-c1ccccc1. The first-order valence-corrected chi connectivity index (χ1v) is 42.8. The average molecular weight is 1610 g/mol. The van der Waals surface area contributed by atoms with Gasteiger partial charge >= 0.3 is 0 Å². The summed E-state index contributed by atoms with van der Waals surface area (Å²) in [4.78, 5) is 29.6. The van der Waals surface area contributed by atoms with Gasteiger partial charge in [-0.1, -0.05) is 273 Å². The molecule has 26 aromatic rings. The quantitative estimate of drug-likeness (QED) is 0.129. The van der Waals surface area contributed by atoms with E-state index in [0.29, 0.717) is 10.8 Å². The second-order valence-electron chi connectivity index (χ2n) is 32.6. The molecular weight excluding hydrogens is 1540 g/mol. The first kappa shape index (κ1) is 71.8. The number of nitrogens with zero attached hydrogens (tertiary/aromatic N) is 8. The summed E-state index contributed by atoms with van der Waals surface area (Å²) in [5, 5.41) is 12.0. The van der Waals surface area contributed by atoms with Crippen molar-refractivity contribution in [2.45, 2.75) is 0 Å². The Balaban J connectivity index is 0.000000137. The molecule has 0 bridgehead atoms.